The van der Waals surface area contributed by atoms with Gasteiger partial charge in [-0.15, -0.1) is 0 Å². The number of aliphatic carboxylic acids is 1. The Labute approximate surface area is 95.2 Å². The van der Waals surface area contributed by atoms with E-state index in [2.05, 4.69) is 15.9 Å². The smallest absolute Gasteiger partial charge is 0.177 e. The lowest BCUT2D eigenvalue weighted by molar-refractivity contribution is -0.304. The normalized spacial score (nSPS) is 19.0. The summed E-state index contributed by atoms with van der Waals surface area (Å²) in [7, 11) is 0. The number of benzene rings is 1. The molecular weight excluding hydrogens is 260 g/mol. The first-order chi connectivity index (χ1) is 7.09. The monoisotopic (exact) mass is 267 g/mol. The van der Waals surface area contributed by atoms with Crippen LogP contribution in [0.5, 0.6) is 0 Å². The minimum atomic E-state index is -1.12. The Balaban J connectivity index is 2.45. The zero-order chi connectivity index (χ0) is 11.0. The molecule has 1 aliphatic carbocycles. The van der Waals surface area contributed by atoms with Crippen LogP contribution in [-0.4, -0.2) is 16.6 Å². The lowest BCUT2D eigenvalue weighted by Gasteiger charge is -2.07. The third kappa shape index (κ3) is 1.81. The second-order valence-corrected chi connectivity index (χ2v) is 4.63. The van der Waals surface area contributed by atoms with Crippen molar-refractivity contribution < 1.29 is 14.7 Å². The fraction of sp³-hybridized carbons (Fsp3) is 0.273. The molecule has 15 heavy (non-hydrogen) atoms. The molecule has 0 N–H and O–H groups in total. The number of carbonyl (C=O) groups is 2. The van der Waals surface area contributed by atoms with Gasteiger partial charge in [0, 0.05) is 18.0 Å². The van der Waals surface area contributed by atoms with Gasteiger partial charge in [0.1, 0.15) is 0 Å². The fourth-order valence-corrected chi connectivity index (χ4v) is 2.44. The van der Waals surface area contributed by atoms with Crippen LogP contribution < -0.4 is 5.11 Å². The van der Waals surface area contributed by atoms with E-state index in [1.807, 2.05) is 0 Å². The minimum absolute atomic E-state index is 0.0326. The van der Waals surface area contributed by atoms with E-state index in [9.17, 15) is 14.7 Å². The number of hydrogen-bond donors (Lipinski definition) is 0. The first-order valence-corrected chi connectivity index (χ1v) is 5.50. The summed E-state index contributed by atoms with van der Waals surface area (Å²) >= 11 is 3.27. The molecule has 1 atom stereocenters. The molecule has 78 valence electrons. The molecule has 0 spiro atoms. The predicted octanol–water partition coefficient (Wildman–Crippen LogP) is 0.481. The van der Waals surface area contributed by atoms with Crippen LogP contribution in [0.15, 0.2) is 18.2 Å². The van der Waals surface area contributed by atoms with Gasteiger partial charge in [0.2, 0.25) is 0 Å². The number of ketones is 1. The number of rotatable bonds is 2. The third-order valence-corrected chi connectivity index (χ3v) is 3.28. The van der Waals surface area contributed by atoms with Crippen LogP contribution in [0.2, 0.25) is 0 Å². The number of hydrogen-bond acceptors (Lipinski definition) is 3. The van der Waals surface area contributed by atoms with Gasteiger partial charge in [0.15, 0.2) is 5.78 Å². The zero-order valence-corrected chi connectivity index (χ0v) is 9.41. The van der Waals surface area contributed by atoms with E-state index >= 15 is 0 Å². The fourth-order valence-electron chi connectivity index (χ4n) is 1.87. The third-order valence-electron chi connectivity index (χ3n) is 2.54. The molecule has 0 aliphatic heterocycles. The van der Waals surface area contributed by atoms with Gasteiger partial charge in [-0.2, -0.15) is 0 Å². The Kier molecular flexibility index (Phi) is 2.61. The molecule has 1 aromatic rings. The summed E-state index contributed by atoms with van der Waals surface area (Å²) in [6, 6.07) is 5.17. The summed E-state index contributed by atoms with van der Waals surface area (Å²) in [4.78, 5) is 21.9. The van der Waals surface area contributed by atoms with Crippen LogP contribution in [0.3, 0.4) is 0 Å². The number of carboxylic acid groups (broad SMARTS) is 1. The maximum Gasteiger partial charge on any atom is 0.177 e. The molecule has 0 aromatic heterocycles. The molecule has 4 heteroatoms. The average Bonchev–Trinajstić information content (AvgIpc) is 2.45. The van der Waals surface area contributed by atoms with Crippen LogP contribution in [0.25, 0.3) is 0 Å². The summed E-state index contributed by atoms with van der Waals surface area (Å²) < 4.78 is 0. The lowest BCUT2D eigenvalue weighted by atomic mass is 10.0. The first-order valence-electron chi connectivity index (χ1n) is 4.58. The largest absolute Gasteiger partial charge is 0.550 e. The van der Waals surface area contributed by atoms with Crippen molar-refractivity contribution in [1.29, 1.82) is 0 Å². The Hall–Kier alpha value is -1.16. The van der Waals surface area contributed by atoms with Crippen molar-refractivity contribution in [2.24, 2.45) is 0 Å². The van der Waals surface area contributed by atoms with E-state index in [1.165, 1.54) is 0 Å². The summed E-state index contributed by atoms with van der Waals surface area (Å²) in [5.74, 6) is -1.08. The number of fused-ring (bicyclic) bond motifs is 1. The van der Waals surface area contributed by atoms with E-state index in [0.717, 1.165) is 5.56 Å². The van der Waals surface area contributed by atoms with Gasteiger partial charge in [0.05, 0.1) is 4.83 Å². The van der Waals surface area contributed by atoms with E-state index in [4.69, 9.17) is 0 Å². The average molecular weight is 268 g/mol. The standard InChI is InChI=1S/C11H9BrO3/c12-9-5-8-6(4-10(13)14)2-1-3-7(8)11(9)15/h1-3,9H,4-5H2,(H,13,14)/p-1. The summed E-state index contributed by atoms with van der Waals surface area (Å²) in [5.41, 5.74) is 2.16. The van der Waals surface area contributed by atoms with Crippen LogP contribution in [0.1, 0.15) is 21.5 Å². The van der Waals surface area contributed by atoms with Crippen molar-refractivity contribution >= 4 is 27.7 Å². The van der Waals surface area contributed by atoms with Gasteiger partial charge in [-0.1, -0.05) is 34.1 Å². The summed E-state index contributed by atoms with van der Waals surface area (Å²) in [6.07, 6.45) is 0.438. The van der Waals surface area contributed by atoms with Crippen molar-refractivity contribution in [2.75, 3.05) is 0 Å². The highest BCUT2D eigenvalue weighted by atomic mass is 79.9. The molecule has 1 unspecified atom stereocenters. The molecule has 3 nitrogen and oxygen atoms in total. The minimum Gasteiger partial charge on any atom is -0.550 e. The number of alkyl halides is 1. The number of carboxylic acids is 1. The highest BCUT2D eigenvalue weighted by Crippen LogP contribution is 2.29. The SMILES string of the molecule is O=C([O-])Cc1cccc2c1CC(Br)C2=O. The number of halogens is 1. The summed E-state index contributed by atoms with van der Waals surface area (Å²) in [5, 5.41) is 10.5. The van der Waals surface area contributed by atoms with Gasteiger partial charge in [-0.3, -0.25) is 4.79 Å². The van der Waals surface area contributed by atoms with Crippen molar-refractivity contribution in [3.05, 3.63) is 34.9 Å². The Morgan fingerprint density at radius 3 is 2.93 bits per heavy atom. The van der Waals surface area contributed by atoms with Crippen molar-refractivity contribution in [3.63, 3.8) is 0 Å². The molecule has 0 heterocycles. The summed E-state index contributed by atoms with van der Waals surface area (Å²) in [6.45, 7) is 0. The van der Waals surface area contributed by atoms with E-state index < -0.39 is 5.97 Å². The second kappa shape index (κ2) is 3.77. The molecular formula is C11H8BrO3-. The molecule has 2 rings (SSSR count). The van der Waals surface area contributed by atoms with Crippen molar-refractivity contribution in [2.45, 2.75) is 17.7 Å². The van der Waals surface area contributed by atoms with Gasteiger partial charge < -0.3 is 9.90 Å². The Morgan fingerprint density at radius 1 is 1.53 bits per heavy atom. The van der Waals surface area contributed by atoms with Crippen LogP contribution >= 0.6 is 15.9 Å². The maximum absolute atomic E-state index is 11.6. The van der Waals surface area contributed by atoms with Gasteiger partial charge >= 0.3 is 0 Å². The first kappa shape index (κ1) is 10.4. The highest BCUT2D eigenvalue weighted by Gasteiger charge is 2.29. The van der Waals surface area contributed by atoms with E-state index in [-0.39, 0.29) is 17.0 Å². The molecule has 1 aliphatic rings. The Bertz CT molecular complexity index is 439. The van der Waals surface area contributed by atoms with Gasteiger partial charge in [-0.25, -0.2) is 0 Å². The predicted molar refractivity (Wildman–Crippen MR) is 55.9 cm³/mol. The molecule has 0 bridgehead atoms. The maximum atomic E-state index is 11.6. The molecule has 0 saturated heterocycles. The van der Waals surface area contributed by atoms with Gasteiger partial charge in [0.25, 0.3) is 0 Å². The lowest BCUT2D eigenvalue weighted by Crippen LogP contribution is -2.24. The van der Waals surface area contributed by atoms with Crippen molar-refractivity contribution in [1.82, 2.24) is 0 Å². The number of carbonyl (C=O) groups excluding carboxylic acids is 2. The van der Waals surface area contributed by atoms with Crippen LogP contribution in [0.4, 0.5) is 0 Å². The topological polar surface area (TPSA) is 57.2 Å². The quantitative estimate of drug-likeness (QED) is 0.733. The van der Waals surface area contributed by atoms with Crippen LogP contribution in [-0.2, 0) is 17.6 Å². The second-order valence-electron chi connectivity index (χ2n) is 3.53. The molecule has 0 fully saturated rings. The van der Waals surface area contributed by atoms with E-state index in [1.54, 1.807) is 18.2 Å². The molecule has 0 radical (unpaired) electrons. The number of Topliss-reactive ketones (excluding diaryl/α,β-unsaturated/α-hetero) is 1. The van der Waals surface area contributed by atoms with Gasteiger partial charge in [-0.05, 0) is 17.5 Å². The van der Waals surface area contributed by atoms with Crippen LogP contribution in [0, 0.1) is 0 Å². The zero-order valence-electron chi connectivity index (χ0n) is 7.83. The molecule has 0 amide bonds. The van der Waals surface area contributed by atoms with E-state index in [0.29, 0.717) is 17.5 Å². The van der Waals surface area contributed by atoms with Crippen molar-refractivity contribution in [3.8, 4) is 0 Å². The highest BCUT2D eigenvalue weighted by molar-refractivity contribution is 9.10. The Morgan fingerprint density at radius 2 is 2.27 bits per heavy atom. The molecule has 1 aromatic carbocycles. The molecule has 0 saturated carbocycles.